The Balaban J connectivity index is 2.43. The van der Waals surface area contributed by atoms with Gasteiger partial charge in [0.2, 0.25) is 11.8 Å². The molecule has 2 amide bonds. The van der Waals surface area contributed by atoms with E-state index in [-0.39, 0.29) is 24.9 Å². The number of carbonyl (C=O) groups is 2. The molecule has 0 aromatic heterocycles. The zero-order valence-corrected chi connectivity index (χ0v) is 14.3. The molecular formula is C15H21Cl2N3O2. The Bertz CT molecular complexity index is 503. The topological polar surface area (TPSA) is 61.4 Å². The Morgan fingerprint density at radius 3 is 2.32 bits per heavy atom. The van der Waals surface area contributed by atoms with Crippen molar-refractivity contribution in [2.75, 3.05) is 32.0 Å². The van der Waals surface area contributed by atoms with Crippen LogP contribution in [0.1, 0.15) is 19.8 Å². The summed E-state index contributed by atoms with van der Waals surface area (Å²) in [5.41, 5.74) is 0.386. The summed E-state index contributed by atoms with van der Waals surface area (Å²) in [5, 5.41) is 6.21. The zero-order valence-electron chi connectivity index (χ0n) is 12.8. The van der Waals surface area contributed by atoms with Crippen molar-refractivity contribution in [3.63, 3.8) is 0 Å². The number of para-hydroxylation sites is 1. The fourth-order valence-electron chi connectivity index (χ4n) is 1.80. The third-order valence-corrected chi connectivity index (χ3v) is 3.54. The second kappa shape index (κ2) is 9.66. The first-order valence-electron chi connectivity index (χ1n) is 7.13. The lowest BCUT2D eigenvalue weighted by atomic mass is 10.3. The molecule has 0 fully saturated rings. The molecule has 0 aliphatic rings. The molecule has 0 heterocycles. The normalized spacial score (nSPS) is 10.6. The highest BCUT2D eigenvalue weighted by atomic mass is 35.5. The first kappa shape index (κ1) is 18.7. The largest absolute Gasteiger partial charge is 0.355 e. The van der Waals surface area contributed by atoms with Gasteiger partial charge in [0.15, 0.2) is 0 Å². The maximum absolute atomic E-state index is 12.0. The van der Waals surface area contributed by atoms with Crippen LogP contribution in [0.2, 0.25) is 10.0 Å². The number of nitrogens with zero attached hydrogens (tertiary/aromatic N) is 1. The quantitative estimate of drug-likeness (QED) is 0.712. The van der Waals surface area contributed by atoms with E-state index in [9.17, 15) is 9.59 Å². The van der Waals surface area contributed by atoms with Gasteiger partial charge >= 0.3 is 0 Å². The smallest absolute Gasteiger partial charge is 0.238 e. The van der Waals surface area contributed by atoms with Gasteiger partial charge in [-0.05, 0) is 25.6 Å². The zero-order chi connectivity index (χ0) is 16.5. The second-order valence-corrected chi connectivity index (χ2v) is 5.84. The van der Waals surface area contributed by atoms with E-state index >= 15 is 0 Å². The Labute approximate surface area is 141 Å². The second-order valence-electron chi connectivity index (χ2n) is 5.02. The van der Waals surface area contributed by atoms with E-state index < -0.39 is 0 Å². The Hall–Kier alpha value is -1.30. The van der Waals surface area contributed by atoms with Crippen LogP contribution >= 0.6 is 23.2 Å². The molecule has 2 N–H and O–H groups in total. The maximum Gasteiger partial charge on any atom is 0.238 e. The molecule has 1 aromatic rings. The maximum atomic E-state index is 12.0. The molecule has 7 heteroatoms. The molecule has 1 aromatic carbocycles. The molecule has 122 valence electrons. The van der Waals surface area contributed by atoms with E-state index in [1.54, 1.807) is 30.1 Å². The van der Waals surface area contributed by atoms with Gasteiger partial charge < -0.3 is 10.6 Å². The molecule has 0 unspecified atom stereocenters. The Morgan fingerprint density at radius 2 is 1.73 bits per heavy atom. The first-order valence-corrected chi connectivity index (χ1v) is 7.88. The number of halogens is 2. The minimum Gasteiger partial charge on any atom is -0.355 e. The van der Waals surface area contributed by atoms with Crippen LogP contribution in [0.15, 0.2) is 18.2 Å². The molecule has 0 bridgehead atoms. The molecule has 0 aliphatic heterocycles. The van der Waals surface area contributed by atoms with Crippen LogP contribution in [0.3, 0.4) is 0 Å². The molecule has 0 saturated heterocycles. The van der Waals surface area contributed by atoms with Crippen LogP contribution in [0, 0.1) is 0 Å². The van der Waals surface area contributed by atoms with Gasteiger partial charge in [-0.25, -0.2) is 0 Å². The van der Waals surface area contributed by atoms with E-state index in [1.807, 2.05) is 0 Å². The van der Waals surface area contributed by atoms with Crippen LogP contribution < -0.4 is 10.6 Å². The predicted molar refractivity (Wildman–Crippen MR) is 90.5 cm³/mol. The van der Waals surface area contributed by atoms with Gasteiger partial charge in [0, 0.05) is 6.54 Å². The lowest BCUT2D eigenvalue weighted by Gasteiger charge is -2.16. The van der Waals surface area contributed by atoms with E-state index in [4.69, 9.17) is 23.2 Å². The molecule has 0 saturated carbocycles. The molecule has 0 radical (unpaired) electrons. The highest BCUT2D eigenvalue weighted by molar-refractivity contribution is 6.39. The summed E-state index contributed by atoms with van der Waals surface area (Å²) in [5.74, 6) is -0.376. The highest BCUT2D eigenvalue weighted by Crippen LogP contribution is 2.29. The Morgan fingerprint density at radius 1 is 1.14 bits per heavy atom. The summed E-state index contributed by atoms with van der Waals surface area (Å²) in [6.07, 6.45) is 1.97. The number of carbonyl (C=O) groups excluding carboxylic acids is 2. The van der Waals surface area contributed by atoms with E-state index in [2.05, 4.69) is 17.6 Å². The number of nitrogens with one attached hydrogen (secondary N) is 2. The average Bonchev–Trinajstić information content (AvgIpc) is 2.43. The van der Waals surface area contributed by atoms with Crippen molar-refractivity contribution in [1.82, 2.24) is 10.2 Å². The molecule has 5 nitrogen and oxygen atoms in total. The van der Waals surface area contributed by atoms with Crippen LogP contribution in [0.25, 0.3) is 0 Å². The third-order valence-electron chi connectivity index (χ3n) is 2.91. The standard InChI is InChI=1S/C15H21Cl2N3O2/c1-3-4-8-18-13(21)9-20(2)10-14(22)19-15-11(16)6-5-7-12(15)17/h5-7H,3-4,8-10H2,1-2H3,(H,18,21)(H,19,22). The third kappa shape index (κ3) is 6.64. The van der Waals surface area contributed by atoms with Crippen molar-refractivity contribution in [3.05, 3.63) is 28.2 Å². The number of amides is 2. The lowest BCUT2D eigenvalue weighted by molar-refractivity contribution is -0.122. The number of benzene rings is 1. The van der Waals surface area contributed by atoms with Gasteiger partial charge in [-0.2, -0.15) is 0 Å². The van der Waals surface area contributed by atoms with Gasteiger partial charge in [-0.3, -0.25) is 14.5 Å². The number of hydrogen-bond donors (Lipinski definition) is 2. The average molecular weight is 346 g/mol. The molecule has 22 heavy (non-hydrogen) atoms. The van der Waals surface area contributed by atoms with Gasteiger partial charge in [-0.15, -0.1) is 0 Å². The monoisotopic (exact) mass is 345 g/mol. The number of rotatable bonds is 8. The van der Waals surface area contributed by atoms with E-state index in [0.717, 1.165) is 12.8 Å². The SMILES string of the molecule is CCCCNC(=O)CN(C)CC(=O)Nc1c(Cl)cccc1Cl. The first-order chi connectivity index (χ1) is 10.4. The summed E-state index contributed by atoms with van der Waals surface area (Å²) >= 11 is 12.0. The van der Waals surface area contributed by atoms with Crippen LogP contribution in [-0.4, -0.2) is 43.4 Å². The molecular weight excluding hydrogens is 325 g/mol. The number of unbranched alkanes of at least 4 members (excludes halogenated alkanes) is 1. The molecule has 0 aliphatic carbocycles. The van der Waals surface area contributed by atoms with Gasteiger partial charge in [0.05, 0.1) is 28.8 Å². The summed E-state index contributed by atoms with van der Waals surface area (Å²) in [6.45, 7) is 2.95. The highest BCUT2D eigenvalue weighted by Gasteiger charge is 2.13. The van der Waals surface area contributed by atoms with Crippen molar-refractivity contribution in [2.24, 2.45) is 0 Å². The number of likely N-dealkylation sites (N-methyl/N-ethyl adjacent to an activating group) is 1. The van der Waals surface area contributed by atoms with E-state index in [0.29, 0.717) is 22.3 Å². The number of anilines is 1. The van der Waals surface area contributed by atoms with Gasteiger partial charge in [0.25, 0.3) is 0 Å². The van der Waals surface area contributed by atoms with Crippen LogP contribution in [0.5, 0.6) is 0 Å². The van der Waals surface area contributed by atoms with Gasteiger partial charge in [0.1, 0.15) is 0 Å². The summed E-state index contributed by atoms with van der Waals surface area (Å²) in [4.78, 5) is 25.2. The van der Waals surface area contributed by atoms with Crippen molar-refractivity contribution >= 4 is 40.7 Å². The summed E-state index contributed by atoms with van der Waals surface area (Å²) in [7, 11) is 1.70. The fourth-order valence-corrected chi connectivity index (χ4v) is 2.29. The molecule has 0 atom stereocenters. The summed E-state index contributed by atoms with van der Waals surface area (Å²) in [6, 6.07) is 5.00. The predicted octanol–water partition coefficient (Wildman–Crippen LogP) is 2.78. The van der Waals surface area contributed by atoms with E-state index in [1.165, 1.54) is 0 Å². The van der Waals surface area contributed by atoms with Crippen LogP contribution in [-0.2, 0) is 9.59 Å². The minimum atomic E-state index is -0.279. The van der Waals surface area contributed by atoms with Crippen molar-refractivity contribution in [2.45, 2.75) is 19.8 Å². The van der Waals surface area contributed by atoms with Gasteiger partial charge in [-0.1, -0.05) is 42.6 Å². The van der Waals surface area contributed by atoms with Crippen LogP contribution in [0.4, 0.5) is 5.69 Å². The number of hydrogen-bond acceptors (Lipinski definition) is 3. The van der Waals surface area contributed by atoms with Crippen molar-refractivity contribution in [1.29, 1.82) is 0 Å². The molecule has 0 spiro atoms. The summed E-state index contributed by atoms with van der Waals surface area (Å²) < 4.78 is 0. The van der Waals surface area contributed by atoms with Crippen molar-refractivity contribution < 1.29 is 9.59 Å². The minimum absolute atomic E-state index is 0.0722. The lowest BCUT2D eigenvalue weighted by Crippen LogP contribution is -2.39. The van der Waals surface area contributed by atoms with Crippen molar-refractivity contribution in [3.8, 4) is 0 Å². The molecule has 1 rings (SSSR count). The Kier molecular flexibility index (Phi) is 8.24. The fraction of sp³-hybridized carbons (Fsp3) is 0.467.